The fraction of sp³-hybridized carbons (Fsp3) is 0.278. The van der Waals surface area contributed by atoms with E-state index in [-0.39, 0.29) is 5.97 Å². The lowest BCUT2D eigenvalue weighted by Gasteiger charge is -2.13. The van der Waals surface area contributed by atoms with Gasteiger partial charge in [0.05, 0.1) is 11.2 Å². The Morgan fingerprint density at radius 1 is 1.39 bits per heavy atom. The average molecular weight is 329 g/mol. The highest BCUT2D eigenvalue weighted by molar-refractivity contribution is 8.03. The van der Waals surface area contributed by atoms with Crippen LogP contribution < -0.4 is 4.74 Å². The summed E-state index contributed by atoms with van der Waals surface area (Å²) in [6, 6.07) is 5.58. The molecule has 1 aliphatic heterocycles. The molecule has 1 aromatic carbocycles. The number of hydrogen-bond acceptors (Lipinski definition) is 5. The predicted octanol–water partition coefficient (Wildman–Crippen LogP) is 3.62. The molecule has 0 unspecified atom stereocenters. The largest absolute Gasteiger partial charge is 0.463 e. The van der Waals surface area contributed by atoms with Gasteiger partial charge in [0.15, 0.2) is 5.75 Å². The zero-order chi connectivity index (χ0) is 16.2. The van der Waals surface area contributed by atoms with Crippen LogP contribution in [-0.2, 0) is 4.74 Å². The third-order valence-corrected chi connectivity index (χ3v) is 4.71. The molecule has 23 heavy (non-hydrogen) atoms. The van der Waals surface area contributed by atoms with Crippen molar-refractivity contribution in [3.05, 3.63) is 58.7 Å². The van der Waals surface area contributed by atoms with E-state index in [0.29, 0.717) is 24.5 Å². The number of thioether (sulfide) groups is 1. The molecule has 0 saturated carbocycles. The fourth-order valence-corrected chi connectivity index (χ4v) is 3.33. The van der Waals surface area contributed by atoms with E-state index in [1.165, 1.54) is 0 Å². The van der Waals surface area contributed by atoms with E-state index in [9.17, 15) is 4.79 Å². The van der Waals surface area contributed by atoms with E-state index in [0.717, 1.165) is 21.8 Å². The van der Waals surface area contributed by atoms with E-state index in [4.69, 9.17) is 9.47 Å². The second kappa shape index (κ2) is 7.06. The molecule has 0 saturated heterocycles. The van der Waals surface area contributed by atoms with Gasteiger partial charge >= 0.3 is 5.97 Å². The summed E-state index contributed by atoms with van der Waals surface area (Å²) >= 11 is 1.62. The lowest BCUT2D eigenvalue weighted by atomic mass is 10.1. The van der Waals surface area contributed by atoms with Gasteiger partial charge in [-0.25, -0.2) is 4.79 Å². The van der Waals surface area contributed by atoms with Crippen LogP contribution in [0.1, 0.15) is 16.8 Å². The van der Waals surface area contributed by atoms with Gasteiger partial charge in [-0.3, -0.25) is 0 Å². The smallest absolute Gasteiger partial charge is 0.342 e. The number of nitrogens with zero attached hydrogens (tertiary/aromatic N) is 1. The molecule has 0 aromatic heterocycles. The van der Waals surface area contributed by atoms with Crippen molar-refractivity contribution >= 4 is 17.7 Å². The number of ether oxygens (including phenoxy) is 2. The first-order valence-corrected chi connectivity index (χ1v) is 8.32. The zero-order valence-corrected chi connectivity index (χ0v) is 14.1. The number of hydrogen-bond donors (Lipinski definition) is 0. The maximum Gasteiger partial charge on any atom is 0.342 e. The minimum absolute atomic E-state index is 0.348. The van der Waals surface area contributed by atoms with E-state index in [1.807, 2.05) is 37.2 Å². The lowest BCUT2D eigenvalue weighted by Crippen LogP contribution is -2.20. The first-order chi connectivity index (χ1) is 11.1. The Hall–Kier alpha value is -1.98. The summed E-state index contributed by atoms with van der Waals surface area (Å²) in [5.74, 6) is 0.231. The van der Waals surface area contributed by atoms with Gasteiger partial charge in [0, 0.05) is 17.0 Å². The van der Waals surface area contributed by atoms with Gasteiger partial charge in [0.25, 0.3) is 0 Å². The molecule has 0 spiro atoms. The van der Waals surface area contributed by atoms with Crippen molar-refractivity contribution in [3.8, 4) is 5.75 Å². The number of para-hydroxylation sites is 1. The van der Waals surface area contributed by atoms with Gasteiger partial charge in [0.1, 0.15) is 12.2 Å². The third kappa shape index (κ3) is 3.68. The summed E-state index contributed by atoms with van der Waals surface area (Å²) in [5, 5.41) is 0. The SMILES string of the molecule is CN(C)CCOC(=O)c1cccc2c1OC=C1CC=CC=C1S2. The maximum absolute atomic E-state index is 12.3. The monoisotopic (exact) mass is 329 g/mol. The Morgan fingerprint density at radius 2 is 2.26 bits per heavy atom. The molecule has 2 aliphatic rings. The van der Waals surface area contributed by atoms with Crippen LogP contribution in [0.5, 0.6) is 5.75 Å². The van der Waals surface area contributed by atoms with E-state index < -0.39 is 0 Å². The highest BCUT2D eigenvalue weighted by Gasteiger charge is 2.22. The molecule has 0 atom stereocenters. The van der Waals surface area contributed by atoms with Crippen molar-refractivity contribution in [1.29, 1.82) is 0 Å². The number of benzene rings is 1. The second-order valence-corrected chi connectivity index (χ2v) is 6.68. The number of allylic oxidation sites excluding steroid dienone is 4. The molecule has 0 radical (unpaired) electrons. The summed E-state index contributed by atoms with van der Waals surface area (Å²) in [4.78, 5) is 16.4. The van der Waals surface area contributed by atoms with Gasteiger partial charge in [-0.15, -0.1) is 0 Å². The number of carbonyl (C=O) groups is 1. The van der Waals surface area contributed by atoms with Crippen LogP contribution in [0.25, 0.3) is 0 Å². The number of likely N-dealkylation sites (N-methyl/N-ethyl adjacent to an activating group) is 1. The first-order valence-electron chi connectivity index (χ1n) is 7.51. The summed E-state index contributed by atoms with van der Waals surface area (Å²) in [5.41, 5.74) is 1.60. The minimum Gasteiger partial charge on any atom is -0.463 e. The van der Waals surface area contributed by atoms with Gasteiger partial charge in [-0.1, -0.05) is 30.0 Å². The highest BCUT2D eigenvalue weighted by Crippen LogP contribution is 2.44. The standard InChI is InChI=1S/C18H19NO3S/c1-19(2)10-11-21-18(20)14-7-5-9-16-17(14)22-12-13-6-3-4-8-15(13)23-16/h3-5,7-9,12H,6,10-11H2,1-2H3. The van der Waals surface area contributed by atoms with Gasteiger partial charge in [-0.05, 0) is 38.7 Å². The van der Waals surface area contributed by atoms with Crippen molar-refractivity contribution in [1.82, 2.24) is 4.90 Å². The van der Waals surface area contributed by atoms with Crippen molar-refractivity contribution in [2.24, 2.45) is 0 Å². The molecule has 4 nitrogen and oxygen atoms in total. The molecule has 0 amide bonds. The van der Waals surface area contributed by atoms with Crippen molar-refractivity contribution in [2.75, 3.05) is 27.2 Å². The molecule has 5 heteroatoms. The molecule has 1 aromatic rings. The molecule has 0 fully saturated rings. The van der Waals surface area contributed by atoms with Crippen molar-refractivity contribution in [3.63, 3.8) is 0 Å². The first kappa shape index (κ1) is 15.9. The quantitative estimate of drug-likeness (QED) is 0.789. The Balaban J connectivity index is 1.83. The van der Waals surface area contributed by atoms with Crippen LogP contribution in [0.3, 0.4) is 0 Å². The Bertz CT molecular complexity index is 704. The Morgan fingerprint density at radius 3 is 3.09 bits per heavy atom. The van der Waals surface area contributed by atoms with Crippen molar-refractivity contribution in [2.45, 2.75) is 11.3 Å². The summed E-state index contributed by atoms with van der Waals surface area (Å²) in [6.07, 6.45) is 8.79. The summed E-state index contributed by atoms with van der Waals surface area (Å²) in [7, 11) is 3.88. The molecule has 1 heterocycles. The normalized spacial score (nSPS) is 15.8. The minimum atomic E-state index is -0.348. The van der Waals surface area contributed by atoms with Gasteiger partial charge < -0.3 is 14.4 Å². The van der Waals surface area contributed by atoms with Crippen molar-refractivity contribution < 1.29 is 14.3 Å². The molecule has 1 aliphatic carbocycles. The van der Waals surface area contributed by atoms with Crippen LogP contribution in [0.4, 0.5) is 0 Å². The lowest BCUT2D eigenvalue weighted by molar-refractivity contribution is 0.0478. The molecular weight excluding hydrogens is 310 g/mol. The predicted molar refractivity (Wildman–Crippen MR) is 91.7 cm³/mol. The summed E-state index contributed by atoms with van der Waals surface area (Å²) < 4.78 is 11.2. The number of rotatable bonds is 4. The van der Waals surface area contributed by atoms with Crippen LogP contribution >= 0.6 is 11.8 Å². The molecule has 0 bridgehead atoms. The maximum atomic E-state index is 12.3. The number of carbonyl (C=O) groups excluding carboxylic acids is 1. The average Bonchev–Trinajstić information content (AvgIpc) is 2.73. The fourth-order valence-electron chi connectivity index (χ4n) is 2.29. The van der Waals surface area contributed by atoms with E-state index in [2.05, 4.69) is 12.2 Å². The summed E-state index contributed by atoms with van der Waals surface area (Å²) in [6.45, 7) is 1.05. The number of esters is 1. The second-order valence-electron chi connectivity index (χ2n) is 5.60. The molecule has 3 rings (SSSR count). The topological polar surface area (TPSA) is 38.8 Å². The van der Waals surface area contributed by atoms with Gasteiger partial charge in [-0.2, -0.15) is 0 Å². The van der Waals surface area contributed by atoms with E-state index in [1.54, 1.807) is 24.1 Å². The Kier molecular flexibility index (Phi) is 4.88. The highest BCUT2D eigenvalue weighted by atomic mass is 32.2. The Labute approximate surface area is 140 Å². The molecule has 120 valence electrons. The van der Waals surface area contributed by atoms with Crippen LogP contribution in [0.2, 0.25) is 0 Å². The molecular formula is C18H19NO3S. The van der Waals surface area contributed by atoms with Crippen LogP contribution in [0, 0.1) is 0 Å². The zero-order valence-electron chi connectivity index (χ0n) is 13.2. The number of fused-ring (bicyclic) bond motifs is 2. The van der Waals surface area contributed by atoms with E-state index >= 15 is 0 Å². The molecule has 0 N–H and O–H groups in total. The van der Waals surface area contributed by atoms with Gasteiger partial charge in [0.2, 0.25) is 0 Å². The van der Waals surface area contributed by atoms with Crippen LogP contribution in [-0.4, -0.2) is 38.1 Å². The van der Waals surface area contributed by atoms with Crippen LogP contribution in [0.15, 0.2) is 58.1 Å². The third-order valence-electron chi connectivity index (χ3n) is 3.55.